The van der Waals surface area contributed by atoms with Crippen LogP contribution in [0.1, 0.15) is 99.1 Å². The number of amides is 3. The van der Waals surface area contributed by atoms with Gasteiger partial charge in [-0.25, -0.2) is 0 Å². The van der Waals surface area contributed by atoms with Crippen LogP contribution in [0, 0.1) is 20.2 Å². The van der Waals surface area contributed by atoms with Crippen molar-refractivity contribution in [3.05, 3.63) is 55.6 Å². The number of nitrogens with zero attached hydrogens (tertiary/aromatic N) is 4. The van der Waals surface area contributed by atoms with Gasteiger partial charge in [0.25, 0.3) is 11.4 Å². The molecule has 2 aliphatic rings. The average molecular weight is 625 g/mol. The molecule has 0 spiro atoms. The van der Waals surface area contributed by atoms with Crippen LogP contribution in [-0.4, -0.2) is 39.7 Å². The quantitative estimate of drug-likeness (QED) is 0.184. The Morgan fingerprint density at radius 1 is 0.778 bits per heavy atom. The van der Waals surface area contributed by atoms with E-state index in [1.807, 2.05) is 55.4 Å². The summed E-state index contributed by atoms with van der Waals surface area (Å²) in [6.45, 7) is 16.7. The maximum atomic E-state index is 13.1. The van der Waals surface area contributed by atoms with E-state index in [1.165, 1.54) is 19.1 Å². The number of nitrogen functional groups attached to an aromatic ring is 1. The Balaban J connectivity index is 0.000000248. The summed E-state index contributed by atoms with van der Waals surface area (Å²) in [6, 6.07) is 5.89. The van der Waals surface area contributed by atoms with Crippen molar-refractivity contribution in [1.29, 1.82) is 0 Å². The van der Waals surface area contributed by atoms with Gasteiger partial charge in [-0.3, -0.25) is 34.6 Å². The SMILES string of the molecule is CCC1(CC)C(=O)N(C(C)C)c2cc([N+](=O)[O-])c(N)cc21.CCC1(CC)C(=O)N(C(C)C)c2cc([N+](=O)[O-])c(NC(C)=O)cc21. The molecule has 13 nitrogen and oxygen atoms in total. The lowest BCUT2D eigenvalue weighted by atomic mass is 9.76. The molecule has 0 aliphatic carbocycles. The van der Waals surface area contributed by atoms with Crippen molar-refractivity contribution in [1.82, 2.24) is 0 Å². The predicted octanol–water partition coefficient (Wildman–Crippen LogP) is 6.36. The van der Waals surface area contributed by atoms with E-state index in [2.05, 4.69) is 5.32 Å². The van der Waals surface area contributed by atoms with Gasteiger partial charge in [0.2, 0.25) is 17.7 Å². The molecule has 2 aliphatic heterocycles. The highest BCUT2D eigenvalue weighted by molar-refractivity contribution is 6.10. The number of hydrogen-bond acceptors (Lipinski definition) is 8. The summed E-state index contributed by atoms with van der Waals surface area (Å²) >= 11 is 0. The van der Waals surface area contributed by atoms with Gasteiger partial charge in [-0.15, -0.1) is 0 Å². The molecule has 13 heteroatoms. The minimum absolute atomic E-state index is 0.0115. The summed E-state index contributed by atoms with van der Waals surface area (Å²) in [4.78, 5) is 62.2. The molecule has 0 fully saturated rings. The average Bonchev–Trinajstić information content (AvgIpc) is 3.35. The number of rotatable bonds is 9. The Morgan fingerprint density at radius 3 is 1.49 bits per heavy atom. The fraction of sp³-hybridized carbons (Fsp3) is 0.531. The lowest BCUT2D eigenvalue weighted by molar-refractivity contribution is -0.384. The van der Waals surface area contributed by atoms with Gasteiger partial charge in [0.15, 0.2) is 0 Å². The van der Waals surface area contributed by atoms with E-state index in [4.69, 9.17) is 5.73 Å². The second-order valence-corrected chi connectivity index (χ2v) is 12.1. The van der Waals surface area contributed by atoms with Gasteiger partial charge in [-0.2, -0.15) is 0 Å². The Labute approximate surface area is 263 Å². The Bertz CT molecular complexity index is 1540. The molecule has 3 amide bonds. The van der Waals surface area contributed by atoms with Crippen molar-refractivity contribution >= 4 is 51.8 Å². The fourth-order valence-electron chi connectivity index (χ4n) is 6.74. The molecule has 244 valence electrons. The van der Waals surface area contributed by atoms with Gasteiger partial charge in [-0.1, -0.05) is 27.7 Å². The monoisotopic (exact) mass is 624 g/mol. The first-order valence-electron chi connectivity index (χ1n) is 15.4. The normalized spacial score (nSPS) is 16.0. The molecule has 0 saturated carbocycles. The third-order valence-corrected chi connectivity index (χ3v) is 9.22. The Kier molecular flexibility index (Phi) is 9.95. The van der Waals surface area contributed by atoms with Gasteiger partial charge in [0.05, 0.1) is 32.1 Å². The smallest absolute Gasteiger partial charge is 0.294 e. The molecule has 0 radical (unpaired) electrons. The first-order chi connectivity index (χ1) is 21.0. The maximum Gasteiger partial charge on any atom is 0.294 e. The van der Waals surface area contributed by atoms with Crippen molar-refractivity contribution in [2.45, 2.75) is 111 Å². The lowest BCUT2D eigenvalue weighted by Crippen LogP contribution is -2.42. The summed E-state index contributed by atoms with van der Waals surface area (Å²) in [6.07, 6.45) is 2.48. The predicted molar refractivity (Wildman–Crippen MR) is 175 cm³/mol. The third kappa shape index (κ3) is 5.59. The Morgan fingerprint density at radius 2 is 1.16 bits per heavy atom. The molecule has 0 bridgehead atoms. The first kappa shape index (κ1) is 34.9. The number of hydrogen-bond donors (Lipinski definition) is 2. The van der Waals surface area contributed by atoms with Gasteiger partial charge >= 0.3 is 0 Å². The molecule has 2 aromatic rings. The zero-order chi connectivity index (χ0) is 34.2. The summed E-state index contributed by atoms with van der Waals surface area (Å²) in [5, 5.41) is 25.0. The number of nitro benzene ring substituents is 2. The fourth-order valence-corrected chi connectivity index (χ4v) is 6.74. The van der Waals surface area contributed by atoms with Crippen molar-refractivity contribution in [3.63, 3.8) is 0 Å². The number of carbonyl (C=O) groups is 3. The van der Waals surface area contributed by atoms with E-state index >= 15 is 0 Å². The molecule has 3 N–H and O–H groups in total. The third-order valence-electron chi connectivity index (χ3n) is 9.22. The van der Waals surface area contributed by atoms with E-state index in [1.54, 1.807) is 21.9 Å². The molecule has 0 unspecified atom stereocenters. The van der Waals surface area contributed by atoms with Crippen LogP contribution in [0.5, 0.6) is 0 Å². The van der Waals surface area contributed by atoms with Crippen LogP contribution < -0.4 is 20.9 Å². The molecule has 45 heavy (non-hydrogen) atoms. The molecule has 2 heterocycles. The maximum absolute atomic E-state index is 13.1. The van der Waals surface area contributed by atoms with Crippen LogP contribution in [0.2, 0.25) is 0 Å². The number of nitrogens with two attached hydrogens (primary N) is 1. The zero-order valence-electron chi connectivity index (χ0n) is 27.5. The minimum Gasteiger partial charge on any atom is -0.393 e. The van der Waals surface area contributed by atoms with Gasteiger partial charge in [-0.05, 0) is 76.6 Å². The van der Waals surface area contributed by atoms with E-state index in [-0.39, 0.29) is 52.6 Å². The second kappa shape index (κ2) is 12.8. The van der Waals surface area contributed by atoms with Crippen LogP contribution in [-0.2, 0) is 25.2 Å². The van der Waals surface area contributed by atoms with Gasteiger partial charge < -0.3 is 20.9 Å². The molecule has 2 aromatic carbocycles. The molecular formula is C32H44N6O7. The first-order valence-corrected chi connectivity index (χ1v) is 15.4. The van der Waals surface area contributed by atoms with Crippen molar-refractivity contribution in [2.24, 2.45) is 0 Å². The second-order valence-electron chi connectivity index (χ2n) is 12.1. The van der Waals surface area contributed by atoms with Crippen LogP contribution in [0.3, 0.4) is 0 Å². The topological polar surface area (TPSA) is 182 Å². The van der Waals surface area contributed by atoms with E-state index in [0.717, 1.165) is 11.1 Å². The van der Waals surface area contributed by atoms with Crippen molar-refractivity contribution < 1.29 is 24.2 Å². The van der Waals surface area contributed by atoms with Crippen molar-refractivity contribution in [2.75, 3.05) is 20.9 Å². The summed E-state index contributed by atoms with van der Waals surface area (Å²) in [7, 11) is 0. The van der Waals surface area contributed by atoms with Crippen LogP contribution in [0.25, 0.3) is 0 Å². The summed E-state index contributed by atoms with van der Waals surface area (Å²) < 4.78 is 0. The summed E-state index contributed by atoms with van der Waals surface area (Å²) in [5.41, 5.74) is 7.15. The van der Waals surface area contributed by atoms with E-state index in [0.29, 0.717) is 37.1 Å². The van der Waals surface area contributed by atoms with Crippen molar-refractivity contribution in [3.8, 4) is 0 Å². The van der Waals surface area contributed by atoms with Gasteiger partial charge in [0.1, 0.15) is 11.4 Å². The highest BCUT2D eigenvalue weighted by Crippen LogP contribution is 2.51. The lowest BCUT2D eigenvalue weighted by Gasteiger charge is -2.27. The molecule has 0 atom stereocenters. The highest BCUT2D eigenvalue weighted by atomic mass is 16.6. The van der Waals surface area contributed by atoms with Crippen LogP contribution in [0.15, 0.2) is 24.3 Å². The standard InChI is InChI=1S/C17H23N3O4.C15H21N3O3/c1-6-17(7-2)12-8-13(18-11(5)21)15(20(23)24)9-14(12)19(10(3)4)16(17)22;1-5-15(6-2)10-7-11(16)13(18(20)21)8-12(10)17(9(3)4)14(15)19/h8-10H,6-7H2,1-5H3,(H,18,21);7-9H,5-6,16H2,1-4H3. The molecule has 0 saturated heterocycles. The highest BCUT2D eigenvalue weighted by Gasteiger charge is 2.51. The van der Waals surface area contributed by atoms with Crippen LogP contribution in [0.4, 0.5) is 34.1 Å². The Hall–Kier alpha value is -4.55. The summed E-state index contributed by atoms with van der Waals surface area (Å²) in [5.74, 6) is -0.411. The molecule has 4 rings (SSSR count). The van der Waals surface area contributed by atoms with E-state index in [9.17, 15) is 34.6 Å². The number of anilines is 4. The largest absolute Gasteiger partial charge is 0.393 e. The number of carbonyl (C=O) groups excluding carboxylic acids is 3. The minimum atomic E-state index is -0.706. The number of fused-ring (bicyclic) bond motifs is 2. The zero-order valence-corrected chi connectivity index (χ0v) is 27.5. The van der Waals surface area contributed by atoms with Gasteiger partial charge in [0, 0.05) is 31.1 Å². The number of nitrogens with one attached hydrogen (secondary N) is 1. The molecule has 0 aromatic heterocycles. The molecular weight excluding hydrogens is 580 g/mol. The number of nitro groups is 2. The van der Waals surface area contributed by atoms with Crippen LogP contribution >= 0.6 is 0 Å². The number of benzene rings is 2. The van der Waals surface area contributed by atoms with E-state index < -0.39 is 20.7 Å².